The summed E-state index contributed by atoms with van der Waals surface area (Å²) in [5.74, 6) is -2.12. The molecule has 30 heavy (non-hydrogen) atoms. The van der Waals surface area contributed by atoms with Crippen molar-refractivity contribution in [3.8, 4) is 5.69 Å². The summed E-state index contributed by atoms with van der Waals surface area (Å²) in [7, 11) is 0. The highest BCUT2D eigenvalue weighted by Crippen LogP contribution is 2.33. The largest absolute Gasteiger partial charge is 0.435 e. The second kappa shape index (κ2) is 8.31. The molecule has 1 heterocycles. The Balaban J connectivity index is 1.88. The van der Waals surface area contributed by atoms with Gasteiger partial charge in [-0.2, -0.15) is 13.2 Å². The van der Waals surface area contributed by atoms with Crippen molar-refractivity contribution in [2.75, 3.05) is 10.6 Å². The van der Waals surface area contributed by atoms with Crippen LogP contribution in [0.2, 0.25) is 0 Å². The first-order chi connectivity index (χ1) is 14.2. The summed E-state index contributed by atoms with van der Waals surface area (Å²) in [6.45, 7) is 1.68. The molecule has 2 aromatic carbocycles. The molecule has 0 fully saturated rings. The van der Waals surface area contributed by atoms with Crippen LogP contribution in [0.25, 0.3) is 5.69 Å². The summed E-state index contributed by atoms with van der Waals surface area (Å²) in [4.78, 5) is 23.8. The third-order valence-electron chi connectivity index (χ3n) is 3.95. The lowest BCUT2D eigenvalue weighted by Gasteiger charge is -2.11. The van der Waals surface area contributed by atoms with Gasteiger partial charge in [0.1, 0.15) is 5.82 Å². The van der Waals surface area contributed by atoms with Crippen molar-refractivity contribution in [1.82, 2.24) is 15.0 Å². The van der Waals surface area contributed by atoms with E-state index in [1.165, 1.54) is 36.4 Å². The van der Waals surface area contributed by atoms with Gasteiger partial charge < -0.3 is 10.6 Å². The summed E-state index contributed by atoms with van der Waals surface area (Å²) >= 11 is 0. The van der Waals surface area contributed by atoms with Crippen LogP contribution in [-0.2, 0) is 11.0 Å². The molecule has 0 unspecified atom stereocenters. The van der Waals surface area contributed by atoms with Crippen LogP contribution in [0.5, 0.6) is 0 Å². The van der Waals surface area contributed by atoms with Gasteiger partial charge in [-0.25, -0.2) is 9.07 Å². The maximum atomic E-state index is 13.6. The fourth-order valence-electron chi connectivity index (χ4n) is 2.55. The molecule has 0 aliphatic rings. The Morgan fingerprint density at radius 2 is 1.67 bits per heavy atom. The Labute approximate surface area is 167 Å². The molecule has 0 saturated heterocycles. The maximum absolute atomic E-state index is 13.6. The van der Waals surface area contributed by atoms with Crippen LogP contribution < -0.4 is 10.6 Å². The number of carbonyl (C=O) groups is 2. The van der Waals surface area contributed by atoms with Crippen LogP contribution in [-0.4, -0.2) is 26.8 Å². The third-order valence-corrected chi connectivity index (χ3v) is 3.95. The molecule has 1 aromatic heterocycles. The number of nitrogens with one attached hydrogen (secondary N) is 2. The molecule has 0 spiro atoms. The summed E-state index contributed by atoms with van der Waals surface area (Å²) in [5, 5.41) is 11.6. The van der Waals surface area contributed by atoms with Crippen LogP contribution in [0.1, 0.15) is 29.5 Å². The predicted molar refractivity (Wildman–Crippen MR) is 99.6 cm³/mol. The number of alkyl halides is 3. The number of nitrogens with zero attached hydrogens (tertiary/aromatic N) is 3. The van der Waals surface area contributed by atoms with Crippen molar-refractivity contribution in [3.63, 3.8) is 0 Å². The summed E-state index contributed by atoms with van der Waals surface area (Å²) in [6.07, 6.45) is -4.70. The first-order valence-electron chi connectivity index (χ1n) is 8.69. The smallest absolute Gasteiger partial charge is 0.326 e. The van der Waals surface area contributed by atoms with Gasteiger partial charge in [-0.05, 0) is 42.5 Å². The second-order valence-electron chi connectivity index (χ2n) is 6.11. The van der Waals surface area contributed by atoms with Gasteiger partial charge in [0.05, 0.1) is 5.69 Å². The second-order valence-corrected chi connectivity index (χ2v) is 6.11. The lowest BCUT2D eigenvalue weighted by Crippen LogP contribution is -2.21. The van der Waals surface area contributed by atoms with E-state index in [2.05, 4.69) is 20.9 Å². The van der Waals surface area contributed by atoms with Gasteiger partial charge >= 0.3 is 6.18 Å². The molecule has 0 radical (unpaired) electrons. The molecule has 2 N–H and O–H groups in total. The Kier molecular flexibility index (Phi) is 5.81. The lowest BCUT2D eigenvalue weighted by molar-refractivity contribution is -0.143. The van der Waals surface area contributed by atoms with Crippen LogP contribution in [0, 0.1) is 5.82 Å². The molecule has 2 amide bonds. The Morgan fingerprint density at radius 3 is 2.23 bits per heavy atom. The monoisotopic (exact) mass is 421 g/mol. The summed E-state index contributed by atoms with van der Waals surface area (Å²) in [6, 6.07) is 10.1. The first kappa shape index (κ1) is 21.0. The zero-order valence-corrected chi connectivity index (χ0v) is 15.5. The minimum atomic E-state index is -4.98. The minimum Gasteiger partial charge on any atom is -0.326 e. The van der Waals surface area contributed by atoms with Crippen LogP contribution in [0.3, 0.4) is 0 Å². The highest BCUT2D eigenvalue weighted by atomic mass is 19.4. The number of anilines is 2. The molecule has 0 bridgehead atoms. The number of halogens is 4. The summed E-state index contributed by atoms with van der Waals surface area (Å²) in [5.41, 5.74) is -1.98. The molecule has 0 saturated carbocycles. The van der Waals surface area contributed by atoms with Gasteiger partial charge in [0.15, 0.2) is 11.4 Å². The molecular weight excluding hydrogens is 406 g/mol. The average Bonchev–Trinajstić information content (AvgIpc) is 3.15. The van der Waals surface area contributed by atoms with Gasteiger partial charge in [-0.15, -0.1) is 5.10 Å². The zero-order valence-electron chi connectivity index (χ0n) is 15.5. The van der Waals surface area contributed by atoms with E-state index in [0.29, 0.717) is 10.4 Å². The highest BCUT2D eigenvalue weighted by molar-refractivity contribution is 6.04. The molecule has 3 rings (SSSR count). The van der Waals surface area contributed by atoms with Gasteiger partial charge in [-0.1, -0.05) is 18.2 Å². The van der Waals surface area contributed by atoms with Gasteiger partial charge in [0.2, 0.25) is 5.91 Å². The van der Waals surface area contributed by atoms with E-state index in [4.69, 9.17) is 0 Å². The van der Waals surface area contributed by atoms with Crippen molar-refractivity contribution >= 4 is 23.2 Å². The highest BCUT2D eigenvalue weighted by Gasteiger charge is 2.42. The fraction of sp³-hybridized carbons (Fsp3) is 0.158. The summed E-state index contributed by atoms with van der Waals surface area (Å²) < 4.78 is 54.6. The Bertz CT molecular complexity index is 1080. The van der Waals surface area contributed by atoms with Crippen LogP contribution in [0.15, 0.2) is 48.5 Å². The average molecular weight is 421 g/mol. The van der Waals surface area contributed by atoms with Gasteiger partial charge in [-0.3, -0.25) is 9.59 Å². The minimum absolute atomic E-state index is 0.183. The van der Waals surface area contributed by atoms with Crippen molar-refractivity contribution in [2.45, 2.75) is 19.5 Å². The Hall–Kier alpha value is -3.76. The van der Waals surface area contributed by atoms with E-state index < -0.39 is 29.3 Å². The predicted octanol–water partition coefficient (Wildman–Crippen LogP) is 4.03. The number of rotatable bonds is 5. The van der Waals surface area contributed by atoms with Crippen molar-refractivity contribution < 1.29 is 27.2 Å². The number of aromatic nitrogens is 3. The van der Waals surface area contributed by atoms with Crippen molar-refractivity contribution in [2.24, 2.45) is 0 Å². The molecule has 0 aliphatic carbocycles. The van der Waals surface area contributed by atoms with E-state index in [0.717, 1.165) is 12.1 Å². The maximum Gasteiger partial charge on any atom is 0.435 e. The lowest BCUT2D eigenvalue weighted by atomic mass is 10.2. The van der Waals surface area contributed by atoms with E-state index in [9.17, 15) is 27.2 Å². The van der Waals surface area contributed by atoms with E-state index >= 15 is 0 Å². The van der Waals surface area contributed by atoms with Crippen molar-refractivity contribution in [3.05, 3.63) is 65.7 Å². The van der Waals surface area contributed by atoms with E-state index in [-0.39, 0.29) is 23.7 Å². The molecule has 11 heteroatoms. The van der Waals surface area contributed by atoms with Crippen LogP contribution >= 0.6 is 0 Å². The molecule has 3 aromatic rings. The zero-order chi connectivity index (χ0) is 21.9. The number of benzene rings is 2. The molecule has 0 aliphatic heterocycles. The van der Waals surface area contributed by atoms with Gasteiger partial charge in [0, 0.05) is 17.8 Å². The topological polar surface area (TPSA) is 88.9 Å². The fourth-order valence-corrected chi connectivity index (χ4v) is 2.55. The van der Waals surface area contributed by atoms with Crippen molar-refractivity contribution in [1.29, 1.82) is 0 Å². The normalized spacial score (nSPS) is 11.2. The number of hydrogen-bond acceptors (Lipinski definition) is 4. The van der Waals surface area contributed by atoms with E-state index in [1.807, 2.05) is 0 Å². The van der Waals surface area contributed by atoms with Gasteiger partial charge in [0.25, 0.3) is 5.91 Å². The van der Waals surface area contributed by atoms with E-state index in [1.54, 1.807) is 6.92 Å². The SMILES string of the molecule is CCC(=O)Nc1ccc(NC(=O)c2nnn(-c3cccc(F)c3)c2C(F)(F)F)cc1. The van der Waals surface area contributed by atoms with Crippen LogP contribution in [0.4, 0.5) is 28.9 Å². The number of amides is 2. The molecule has 156 valence electrons. The number of carbonyl (C=O) groups excluding carboxylic acids is 2. The molecule has 7 nitrogen and oxygen atoms in total. The molecular formula is C19H15F4N5O2. The number of hydrogen-bond donors (Lipinski definition) is 2. The standard InChI is InChI=1S/C19H15F4N5O2/c1-2-15(29)24-12-6-8-13(9-7-12)25-18(30)16-17(19(21,22)23)28(27-26-16)14-5-3-4-11(20)10-14/h3-10H,2H2,1H3,(H,24,29)(H,25,30). The first-order valence-corrected chi connectivity index (χ1v) is 8.69. The molecule has 0 atom stereocenters. The Morgan fingerprint density at radius 1 is 1.03 bits per heavy atom. The third kappa shape index (κ3) is 4.62. The quantitative estimate of drug-likeness (QED) is 0.609.